The number of sulfonamides is 1. The van der Waals surface area contributed by atoms with Crippen LogP contribution in [0.25, 0.3) is 0 Å². The van der Waals surface area contributed by atoms with Gasteiger partial charge in [0.05, 0.1) is 37.7 Å². The monoisotopic (exact) mass is 397 g/mol. The van der Waals surface area contributed by atoms with Crippen molar-refractivity contribution in [1.82, 2.24) is 4.31 Å². The summed E-state index contributed by atoms with van der Waals surface area (Å²) in [6, 6.07) is 4.20. The van der Waals surface area contributed by atoms with Crippen LogP contribution in [-0.4, -0.2) is 57.2 Å². The molecule has 0 bridgehead atoms. The van der Waals surface area contributed by atoms with Gasteiger partial charge in [-0.15, -0.1) is 0 Å². The lowest BCUT2D eigenvalue weighted by Gasteiger charge is -2.33. The Morgan fingerprint density at radius 1 is 0.963 bits per heavy atom. The molecule has 6 heteroatoms. The Morgan fingerprint density at radius 2 is 1.44 bits per heavy atom. The van der Waals surface area contributed by atoms with Gasteiger partial charge in [0.1, 0.15) is 6.54 Å². The highest BCUT2D eigenvalue weighted by Gasteiger charge is 2.35. The Balaban J connectivity index is 2.52. The third-order valence-corrected chi connectivity index (χ3v) is 7.60. The summed E-state index contributed by atoms with van der Waals surface area (Å²) in [5.41, 5.74) is 3.09. The van der Waals surface area contributed by atoms with Crippen LogP contribution in [0.3, 0.4) is 0 Å². The molecule has 154 valence electrons. The van der Waals surface area contributed by atoms with E-state index < -0.39 is 10.0 Å². The van der Waals surface area contributed by atoms with Gasteiger partial charge in [-0.2, -0.15) is 4.31 Å². The second-order valence-corrected chi connectivity index (χ2v) is 10.5. The van der Waals surface area contributed by atoms with Crippen molar-refractivity contribution < 1.29 is 18.4 Å². The third kappa shape index (κ3) is 4.91. The van der Waals surface area contributed by atoms with Crippen molar-refractivity contribution in [2.45, 2.75) is 64.2 Å². The van der Waals surface area contributed by atoms with Gasteiger partial charge in [-0.05, 0) is 34.4 Å². The number of quaternary nitrogens is 1. The van der Waals surface area contributed by atoms with Gasteiger partial charge in [0, 0.05) is 0 Å². The van der Waals surface area contributed by atoms with E-state index in [0.717, 1.165) is 24.2 Å². The van der Waals surface area contributed by atoms with Gasteiger partial charge in [0.15, 0.2) is 0 Å². The van der Waals surface area contributed by atoms with E-state index in [1.807, 2.05) is 0 Å². The number of rotatable bonds is 7. The number of nitrogens with one attached hydrogen (secondary N) is 1. The first-order chi connectivity index (χ1) is 12.6. The van der Waals surface area contributed by atoms with Crippen molar-refractivity contribution >= 4 is 10.0 Å². The highest BCUT2D eigenvalue weighted by molar-refractivity contribution is 7.89. The van der Waals surface area contributed by atoms with E-state index in [2.05, 4.69) is 53.7 Å². The van der Waals surface area contributed by atoms with Crippen molar-refractivity contribution in [2.75, 3.05) is 39.3 Å². The lowest BCUT2D eigenvalue weighted by Crippen LogP contribution is -3.15. The molecule has 2 N–H and O–H groups in total. The van der Waals surface area contributed by atoms with Gasteiger partial charge >= 0.3 is 0 Å². The molecular formula is C21H37N2O3S+. The Hall–Kier alpha value is -0.950. The predicted molar refractivity (Wildman–Crippen MR) is 110 cm³/mol. The van der Waals surface area contributed by atoms with Crippen LogP contribution in [0, 0.1) is 0 Å². The summed E-state index contributed by atoms with van der Waals surface area (Å²) in [6.45, 7) is 16.0. The average molecular weight is 398 g/mol. The maximum atomic E-state index is 13.7. The quantitative estimate of drug-likeness (QED) is 0.739. The van der Waals surface area contributed by atoms with Gasteiger partial charge in [-0.3, -0.25) is 0 Å². The minimum absolute atomic E-state index is 0.146. The van der Waals surface area contributed by atoms with E-state index in [4.69, 9.17) is 5.11 Å². The first kappa shape index (κ1) is 22.3. The number of aliphatic hydroxyl groups is 1. The van der Waals surface area contributed by atoms with Gasteiger partial charge in [-0.1, -0.05) is 53.7 Å². The molecule has 5 nitrogen and oxygen atoms in total. The smallest absolute Gasteiger partial charge is 0.244 e. The van der Waals surface area contributed by atoms with Crippen molar-refractivity contribution in [3.05, 3.63) is 28.8 Å². The minimum Gasteiger partial charge on any atom is -0.391 e. The highest BCUT2D eigenvalue weighted by atomic mass is 32.2. The van der Waals surface area contributed by atoms with E-state index in [1.165, 1.54) is 10.5 Å². The summed E-state index contributed by atoms with van der Waals surface area (Å²) in [4.78, 5) is 1.80. The van der Waals surface area contributed by atoms with Crippen molar-refractivity contribution in [3.8, 4) is 0 Å². The number of piperazine rings is 1. The first-order valence-corrected chi connectivity index (χ1v) is 11.7. The molecule has 2 rings (SSSR count). The molecule has 0 amide bonds. The molecule has 0 radical (unpaired) electrons. The third-order valence-electron chi connectivity index (χ3n) is 5.57. The Morgan fingerprint density at radius 3 is 1.81 bits per heavy atom. The Bertz CT molecular complexity index is 705. The maximum Gasteiger partial charge on any atom is 0.244 e. The second-order valence-electron chi connectivity index (χ2n) is 8.62. The summed E-state index contributed by atoms with van der Waals surface area (Å²) in [5, 5.41) is 9.14. The lowest BCUT2D eigenvalue weighted by atomic mass is 9.89. The van der Waals surface area contributed by atoms with Crippen LogP contribution in [-0.2, 0) is 10.0 Å². The van der Waals surface area contributed by atoms with Gasteiger partial charge in [0.2, 0.25) is 10.0 Å². The summed E-state index contributed by atoms with van der Waals surface area (Å²) < 4.78 is 29.0. The predicted octanol–water partition coefficient (Wildman–Crippen LogP) is 1.94. The van der Waals surface area contributed by atoms with Gasteiger partial charge in [0.25, 0.3) is 0 Å². The fourth-order valence-corrected chi connectivity index (χ4v) is 5.87. The fraction of sp³-hybridized carbons (Fsp3) is 0.714. The largest absolute Gasteiger partial charge is 0.391 e. The zero-order chi connectivity index (χ0) is 20.4. The normalized spacial score (nSPS) is 17.4. The van der Waals surface area contributed by atoms with Crippen LogP contribution in [0.4, 0.5) is 0 Å². The molecule has 0 aliphatic carbocycles. The molecule has 0 spiro atoms. The molecule has 1 heterocycles. The van der Waals surface area contributed by atoms with Gasteiger partial charge < -0.3 is 10.0 Å². The molecule has 1 fully saturated rings. The second kappa shape index (κ2) is 9.03. The summed E-state index contributed by atoms with van der Waals surface area (Å²) in [5.74, 6) is 0.655. The Labute approximate surface area is 165 Å². The Kier molecular flexibility index (Phi) is 7.47. The number of benzene rings is 1. The first-order valence-electron chi connectivity index (χ1n) is 10.2. The van der Waals surface area contributed by atoms with Crippen LogP contribution >= 0.6 is 0 Å². The fourth-order valence-electron chi connectivity index (χ4n) is 3.77. The lowest BCUT2D eigenvalue weighted by molar-refractivity contribution is -0.904. The molecule has 0 unspecified atom stereocenters. The number of hydrogen-bond acceptors (Lipinski definition) is 3. The van der Waals surface area contributed by atoms with Crippen molar-refractivity contribution in [1.29, 1.82) is 0 Å². The van der Waals surface area contributed by atoms with Gasteiger partial charge in [-0.25, -0.2) is 8.42 Å². The SMILES string of the molecule is CC(C)c1cc(C(C)C)c(S(=O)(=O)N2CC[NH+](CCO)CC2)c(C(C)C)c1. The zero-order valence-electron chi connectivity index (χ0n) is 17.7. The minimum atomic E-state index is -3.54. The summed E-state index contributed by atoms with van der Waals surface area (Å²) in [7, 11) is -3.54. The van der Waals surface area contributed by atoms with E-state index in [0.29, 0.717) is 30.4 Å². The summed E-state index contributed by atoms with van der Waals surface area (Å²) in [6.07, 6.45) is 0. The molecule has 0 aromatic heterocycles. The number of nitrogens with zero attached hydrogens (tertiary/aromatic N) is 1. The zero-order valence-corrected chi connectivity index (χ0v) is 18.6. The number of hydrogen-bond donors (Lipinski definition) is 2. The van der Waals surface area contributed by atoms with Crippen LogP contribution in [0.2, 0.25) is 0 Å². The van der Waals surface area contributed by atoms with Crippen molar-refractivity contribution in [2.24, 2.45) is 0 Å². The van der Waals surface area contributed by atoms with Crippen LogP contribution < -0.4 is 4.90 Å². The molecule has 1 aliphatic heterocycles. The molecule has 1 aromatic carbocycles. The number of aliphatic hydroxyl groups excluding tert-OH is 1. The molecule has 0 atom stereocenters. The van der Waals surface area contributed by atoms with Crippen LogP contribution in [0.5, 0.6) is 0 Å². The van der Waals surface area contributed by atoms with Crippen molar-refractivity contribution in [3.63, 3.8) is 0 Å². The molecule has 27 heavy (non-hydrogen) atoms. The van der Waals surface area contributed by atoms with Crippen LogP contribution in [0.15, 0.2) is 17.0 Å². The molecule has 1 saturated heterocycles. The topological polar surface area (TPSA) is 62.0 Å². The summed E-state index contributed by atoms with van der Waals surface area (Å²) >= 11 is 0. The van der Waals surface area contributed by atoms with Crippen LogP contribution in [0.1, 0.15) is 76.0 Å². The van der Waals surface area contributed by atoms with E-state index in [9.17, 15) is 8.42 Å². The maximum absolute atomic E-state index is 13.7. The molecular weight excluding hydrogens is 360 g/mol. The highest BCUT2D eigenvalue weighted by Crippen LogP contribution is 2.36. The standard InChI is InChI=1S/C21H36N2O3S/c1-15(2)18-13-19(16(3)4)21(20(14-18)17(5)6)27(25,26)23-9-7-22(8-10-23)11-12-24/h13-17,24H,7-12H2,1-6H3/p+1. The molecule has 0 saturated carbocycles. The molecule has 1 aliphatic rings. The van der Waals surface area contributed by atoms with E-state index in [-0.39, 0.29) is 18.4 Å². The molecule has 1 aromatic rings. The van der Waals surface area contributed by atoms with E-state index >= 15 is 0 Å². The van der Waals surface area contributed by atoms with E-state index in [1.54, 1.807) is 4.31 Å². The average Bonchev–Trinajstić information content (AvgIpc) is 2.61.